The van der Waals surface area contributed by atoms with E-state index in [0.29, 0.717) is 37.4 Å². The normalized spacial score (nSPS) is 10.9. The average molecular weight is 240 g/mol. The molecule has 0 aliphatic carbocycles. The summed E-state index contributed by atoms with van der Waals surface area (Å²) in [6, 6.07) is 1.83. The van der Waals surface area contributed by atoms with Crippen molar-refractivity contribution < 1.29 is 9.47 Å². The first-order valence-corrected chi connectivity index (χ1v) is 5.74. The fourth-order valence-corrected chi connectivity index (χ4v) is 1.43. The molecule has 1 aromatic rings. The zero-order valence-corrected chi connectivity index (χ0v) is 10.9. The molecule has 5 heteroatoms. The third kappa shape index (κ3) is 4.19. The van der Waals surface area contributed by atoms with Gasteiger partial charge in [0, 0.05) is 18.4 Å². The van der Waals surface area contributed by atoms with Gasteiger partial charge in [-0.05, 0) is 12.8 Å². The lowest BCUT2D eigenvalue weighted by Gasteiger charge is -2.11. The quantitative estimate of drug-likeness (QED) is 0.702. The first kappa shape index (κ1) is 13.7. The van der Waals surface area contributed by atoms with Gasteiger partial charge in [0.1, 0.15) is 0 Å². The number of aromatic nitrogens is 2. The molecule has 0 aromatic carbocycles. The first-order valence-electron chi connectivity index (χ1n) is 5.74. The van der Waals surface area contributed by atoms with Gasteiger partial charge in [0.15, 0.2) is 0 Å². The maximum Gasteiger partial charge on any atom is 0.299 e. The lowest BCUT2D eigenvalue weighted by Crippen LogP contribution is -2.25. The highest BCUT2D eigenvalue weighted by molar-refractivity contribution is 5.06. The Kier molecular flexibility index (Phi) is 5.15. The second kappa shape index (κ2) is 6.39. The van der Waals surface area contributed by atoms with Crippen LogP contribution in [0.25, 0.3) is 0 Å². The van der Waals surface area contributed by atoms with Crippen molar-refractivity contribution in [1.29, 1.82) is 0 Å². The number of rotatable bonds is 6. The summed E-state index contributed by atoms with van der Waals surface area (Å²) < 4.78 is 12.0. The van der Waals surface area contributed by atoms with Crippen molar-refractivity contribution >= 4 is 0 Å². The monoisotopic (exact) mass is 240 g/mol. The van der Waals surface area contributed by atoms with Crippen molar-refractivity contribution in [3.05, 3.63) is 22.1 Å². The van der Waals surface area contributed by atoms with Crippen LogP contribution in [0.4, 0.5) is 0 Å². The van der Waals surface area contributed by atoms with E-state index in [-0.39, 0.29) is 5.56 Å². The van der Waals surface area contributed by atoms with E-state index in [9.17, 15) is 4.79 Å². The number of aryl methyl sites for hydroxylation is 1. The fraction of sp³-hybridized carbons (Fsp3) is 0.667. The maximum absolute atomic E-state index is 11.7. The van der Waals surface area contributed by atoms with Crippen molar-refractivity contribution in [3.8, 4) is 6.01 Å². The van der Waals surface area contributed by atoms with Gasteiger partial charge in [-0.3, -0.25) is 9.36 Å². The Balaban J connectivity index is 2.67. The van der Waals surface area contributed by atoms with Crippen LogP contribution in [0.15, 0.2) is 10.9 Å². The summed E-state index contributed by atoms with van der Waals surface area (Å²) in [7, 11) is 1.51. The molecule has 5 nitrogen and oxygen atoms in total. The third-order valence-electron chi connectivity index (χ3n) is 2.19. The highest BCUT2D eigenvalue weighted by atomic mass is 16.5. The van der Waals surface area contributed by atoms with Crippen LogP contribution in [0.1, 0.15) is 19.5 Å². The Morgan fingerprint density at radius 1 is 1.47 bits per heavy atom. The Labute approximate surface area is 101 Å². The van der Waals surface area contributed by atoms with Gasteiger partial charge in [-0.2, -0.15) is 0 Å². The van der Waals surface area contributed by atoms with E-state index in [0.717, 1.165) is 0 Å². The SMILES string of the molecule is COc1nc(C)cc(=O)n1CCOCC(C)C. The molecule has 1 aromatic heterocycles. The number of ether oxygens (including phenoxy) is 2. The minimum atomic E-state index is -0.109. The predicted octanol–water partition coefficient (Wildman–Crippen LogP) is 1.23. The second-order valence-corrected chi connectivity index (χ2v) is 4.34. The molecule has 96 valence electrons. The van der Waals surface area contributed by atoms with E-state index in [1.807, 2.05) is 0 Å². The fourth-order valence-electron chi connectivity index (χ4n) is 1.43. The van der Waals surface area contributed by atoms with Crippen LogP contribution in [0.3, 0.4) is 0 Å². The highest BCUT2D eigenvalue weighted by Crippen LogP contribution is 2.04. The van der Waals surface area contributed by atoms with Gasteiger partial charge < -0.3 is 9.47 Å². The Hall–Kier alpha value is -1.36. The minimum Gasteiger partial charge on any atom is -0.468 e. The second-order valence-electron chi connectivity index (χ2n) is 4.34. The van der Waals surface area contributed by atoms with Gasteiger partial charge in [-0.15, -0.1) is 0 Å². The Bertz CT molecular complexity index is 413. The molecule has 0 atom stereocenters. The maximum atomic E-state index is 11.7. The summed E-state index contributed by atoms with van der Waals surface area (Å²) in [5.74, 6) is 0.491. The van der Waals surface area contributed by atoms with Crippen LogP contribution in [0.5, 0.6) is 6.01 Å². The molecule has 0 amide bonds. The van der Waals surface area contributed by atoms with Crippen LogP contribution >= 0.6 is 0 Å². The van der Waals surface area contributed by atoms with Crippen molar-refractivity contribution in [2.24, 2.45) is 5.92 Å². The van der Waals surface area contributed by atoms with E-state index in [4.69, 9.17) is 9.47 Å². The van der Waals surface area contributed by atoms with E-state index in [2.05, 4.69) is 18.8 Å². The first-order chi connectivity index (χ1) is 8.04. The molecule has 0 aliphatic rings. The molecule has 0 radical (unpaired) electrons. The molecule has 0 spiro atoms. The summed E-state index contributed by atoms with van der Waals surface area (Å²) in [6.07, 6.45) is 0. The van der Waals surface area contributed by atoms with Crippen molar-refractivity contribution in [1.82, 2.24) is 9.55 Å². The standard InChI is InChI=1S/C12H20N2O3/c1-9(2)8-17-6-5-14-11(15)7-10(3)13-12(14)16-4/h7,9H,5-6,8H2,1-4H3. The van der Waals surface area contributed by atoms with Crippen LogP contribution < -0.4 is 10.3 Å². The molecule has 0 unspecified atom stereocenters. The van der Waals surface area contributed by atoms with Gasteiger partial charge in [0.2, 0.25) is 0 Å². The molecule has 0 aliphatic heterocycles. The summed E-state index contributed by atoms with van der Waals surface area (Å²) >= 11 is 0. The molecular weight excluding hydrogens is 220 g/mol. The van der Waals surface area contributed by atoms with Crippen LogP contribution in [-0.4, -0.2) is 29.9 Å². The predicted molar refractivity (Wildman–Crippen MR) is 65.4 cm³/mol. The lowest BCUT2D eigenvalue weighted by molar-refractivity contribution is 0.100. The van der Waals surface area contributed by atoms with Crippen molar-refractivity contribution in [2.75, 3.05) is 20.3 Å². The van der Waals surface area contributed by atoms with Crippen LogP contribution in [0, 0.1) is 12.8 Å². The molecule has 1 heterocycles. The van der Waals surface area contributed by atoms with Crippen molar-refractivity contribution in [3.63, 3.8) is 0 Å². The highest BCUT2D eigenvalue weighted by Gasteiger charge is 2.06. The molecule has 0 bridgehead atoms. The minimum absolute atomic E-state index is 0.109. The zero-order valence-electron chi connectivity index (χ0n) is 10.9. The molecule has 0 fully saturated rings. The van der Waals surface area contributed by atoms with E-state index in [1.165, 1.54) is 17.7 Å². The van der Waals surface area contributed by atoms with E-state index >= 15 is 0 Å². The number of nitrogens with zero attached hydrogens (tertiary/aromatic N) is 2. The molecule has 0 saturated carbocycles. The number of methoxy groups -OCH3 is 1. The van der Waals surface area contributed by atoms with Crippen LogP contribution in [-0.2, 0) is 11.3 Å². The third-order valence-corrected chi connectivity index (χ3v) is 2.19. The van der Waals surface area contributed by atoms with Crippen molar-refractivity contribution in [2.45, 2.75) is 27.3 Å². The Morgan fingerprint density at radius 3 is 2.76 bits per heavy atom. The molecular formula is C12H20N2O3. The zero-order chi connectivity index (χ0) is 12.8. The smallest absolute Gasteiger partial charge is 0.299 e. The summed E-state index contributed by atoms with van der Waals surface area (Å²) in [5.41, 5.74) is 0.550. The number of hydrogen-bond acceptors (Lipinski definition) is 4. The van der Waals surface area contributed by atoms with Crippen LogP contribution in [0.2, 0.25) is 0 Å². The molecule has 0 N–H and O–H groups in total. The topological polar surface area (TPSA) is 53.3 Å². The van der Waals surface area contributed by atoms with Gasteiger partial charge in [0.05, 0.1) is 20.3 Å². The van der Waals surface area contributed by atoms with Gasteiger partial charge >= 0.3 is 0 Å². The lowest BCUT2D eigenvalue weighted by atomic mass is 10.2. The number of hydrogen-bond donors (Lipinski definition) is 0. The Morgan fingerprint density at radius 2 is 2.18 bits per heavy atom. The van der Waals surface area contributed by atoms with E-state index < -0.39 is 0 Å². The van der Waals surface area contributed by atoms with E-state index in [1.54, 1.807) is 6.92 Å². The van der Waals surface area contributed by atoms with Gasteiger partial charge in [0.25, 0.3) is 11.6 Å². The summed E-state index contributed by atoms with van der Waals surface area (Å²) in [6.45, 7) is 7.57. The van der Waals surface area contributed by atoms with Gasteiger partial charge in [-0.25, -0.2) is 4.98 Å². The average Bonchev–Trinajstić information content (AvgIpc) is 2.25. The summed E-state index contributed by atoms with van der Waals surface area (Å²) in [4.78, 5) is 15.9. The summed E-state index contributed by atoms with van der Waals surface area (Å²) in [5, 5.41) is 0. The largest absolute Gasteiger partial charge is 0.468 e. The molecule has 1 rings (SSSR count). The molecule has 17 heavy (non-hydrogen) atoms. The van der Waals surface area contributed by atoms with Gasteiger partial charge in [-0.1, -0.05) is 13.8 Å². The molecule has 0 saturated heterocycles.